The van der Waals surface area contributed by atoms with Crippen molar-refractivity contribution in [3.8, 4) is 0 Å². The fourth-order valence-corrected chi connectivity index (χ4v) is 3.38. The second kappa shape index (κ2) is 7.68. The van der Waals surface area contributed by atoms with Gasteiger partial charge < -0.3 is 14.6 Å². The van der Waals surface area contributed by atoms with E-state index in [0.29, 0.717) is 12.4 Å². The van der Waals surface area contributed by atoms with Crippen LogP contribution in [0.25, 0.3) is 0 Å². The number of aliphatic hydroxyl groups excluding tert-OH is 1. The average Bonchev–Trinajstić information content (AvgIpc) is 3.05. The molecule has 3 nitrogen and oxygen atoms in total. The van der Waals surface area contributed by atoms with E-state index in [1.165, 1.54) is 11.1 Å². The molecule has 0 radical (unpaired) electrons. The van der Waals surface area contributed by atoms with Crippen LogP contribution in [0, 0.1) is 0 Å². The summed E-state index contributed by atoms with van der Waals surface area (Å²) in [6.45, 7) is 8.52. The van der Waals surface area contributed by atoms with E-state index in [4.69, 9.17) is 9.47 Å². The van der Waals surface area contributed by atoms with Crippen LogP contribution in [0.1, 0.15) is 57.1 Å². The van der Waals surface area contributed by atoms with Gasteiger partial charge in [0, 0.05) is 17.9 Å². The Labute approximate surface area is 134 Å². The number of aliphatic hydroxyl groups is 1. The maximum atomic E-state index is 9.42. The number of hydrogen-bond acceptors (Lipinski definition) is 3. The van der Waals surface area contributed by atoms with Gasteiger partial charge in [0.15, 0.2) is 0 Å². The average molecular weight is 304 g/mol. The van der Waals surface area contributed by atoms with Crippen molar-refractivity contribution in [2.45, 2.75) is 51.4 Å². The minimum Gasteiger partial charge on any atom is -0.512 e. The third kappa shape index (κ3) is 3.30. The SMILES string of the molecule is CCOC(=CO)C(CC)c1ccc(C2(CC)CCOC2)cc1. The summed E-state index contributed by atoms with van der Waals surface area (Å²) in [5.74, 6) is 0.753. The summed E-state index contributed by atoms with van der Waals surface area (Å²) >= 11 is 0. The summed E-state index contributed by atoms with van der Waals surface area (Å²) in [6, 6.07) is 8.78. The summed E-state index contributed by atoms with van der Waals surface area (Å²) < 4.78 is 11.2. The first-order valence-corrected chi connectivity index (χ1v) is 8.36. The maximum Gasteiger partial charge on any atom is 0.137 e. The van der Waals surface area contributed by atoms with Gasteiger partial charge in [-0.25, -0.2) is 0 Å². The summed E-state index contributed by atoms with van der Waals surface area (Å²) in [5.41, 5.74) is 2.72. The van der Waals surface area contributed by atoms with E-state index in [1.807, 2.05) is 6.92 Å². The van der Waals surface area contributed by atoms with Crippen LogP contribution < -0.4 is 0 Å². The zero-order valence-corrected chi connectivity index (χ0v) is 14.0. The van der Waals surface area contributed by atoms with Gasteiger partial charge >= 0.3 is 0 Å². The molecular weight excluding hydrogens is 276 g/mol. The quantitative estimate of drug-likeness (QED) is 0.743. The van der Waals surface area contributed by atoms with Crippen LogP contribution in [0.3, 0.4) is 0 Å². The van der Waals surface area contributed by atoms with Crippen molar-refractivity contribution in [1.82, 2.24) is 0 Å². The molecule has 0 bridgehead atoms. The Morgan fingerprint density at radius 2 is 2.05 bits per heavy atom. The molecule has 2 rings (SSSR count). The summed E-state index contributed by atoms with van der Waals surface area (Å²) in [7, 11) is 0. The van der Waals surface area contributed by atoms with E-state index in [2.05, 4.69) is 38.1 Å². The standard InChI is InChI=1S/C19H28O3/c1-4-17(18(13-20)22-6-3)15-7-9-16(10-8-15)19(5-2)11-12-21-14-19/h7-10,13,17,20H,4-6,11-12,14H2,1-3H3. The lowest BCUT2D eigenvalue weighted by Crippen LogP contribution is -2.25. The monoisotopic (exact) mass is 304 g/mol. The lowest BCUT2D eigenvalue weighted by molar-refractivity contribution is 0.176. The zero-order valence-electron chi connectivity index (χ0n) is 14.0. The molecule has 3 heteroatoms. The highest BCUT2D eigenvalue weighted by molar-refractivity contribution is 5.34. The molecule has 0 aliphatic carbocycles. The molecule has 0 spiro atoms. The lowest BCUT2D eigenvalue weighted by atomic mass is 9.77. The van der Waals surface area contributed by atoms with Crippen LogP contribution in [0.5, 0.6) is 0 Å². The molecule has 22 heavy (non-hydrogen) atoms. The number of rotatable bonds is 7. The van der Waals surface area contributed by atoms with Gasteiger partial charge in [-0.2, -0.15) is 0 Å². The largest absolute Gasteiger partial charge is 0.512 e. The van der Waals surface area contributed by atoms with Gasteiger partial charge in [-0.3, -0.25) is 0 Å². The molecule has 1 heterocycles. The highest BCUT2D eigenvalue weighted by Gasteiger charge is 2.34. The van der Waals surface area contributed by atoms with Gasteiger partial charge in [-0.15, -0.1) is 0 Å². The fourth-order valence-electron chi connectivity index (χ4n) is 3.38. The van der Waals surface area contributed by atoms with E-state index >= 15 is 0 Å². The molecule has 1 aromatic rings. The Kier molecular flexibility index (Phi) is 5.90. The first kappa shape index (κ1) is 16.9. The fraction of sp³-hybridized carbons (Fsp3) is 0.579. The Morgan fingerprint density at radius 3 is 2.50 bits per heavy atom. The molecule has 122 valence electrons. The van der Waals surface area contributed by atoms with E-state index in [-0.39, 0.29) is 11.3 Å². The van der Waals surface area contributed by atoms with Crippen LogP contribution in [-0.4, -0.2) is 24.9 Å². The van der Waals surface area contributed by atoms with Gasteiger partial charge in [-0.05, 0) is 37.3 Å². The van der Waals surface area contributed by atoms with Crippen LogP contribution in [-0.2, 0) is 14.9 Å². The first-order chi connectivity index (χ1) is 10.7. The van der Waals surface area contributed by atoms with Gasteiger partial charge in [0.25, 0.3) is 0 Å². The van der Waals surface area contributed by atoms with Crippen molar-refractivity contribution < 1.29 is 14.6 Å². The molecule has 1 aliphatic rings. The molecule has 2 atom stereocenters. The lowest BCUT2D eigenvalue weighted by Gasteiger charge is -2.27. The number of hydrogen-bond donors (Lipinski definition) is 1. The molecule has 1 N–H and O–H groups in total. The van der Waals surface area contributed by atoms with Crippen molar-refractivity contribution in [2.24, 2.45) is 0 Å². The van der Waals surface area contributed by atoms with Crippen molar-refractivity contribution >= 4 is 0 Å². The minimum atomic E-state index is 0.108. The van der Waals surface area contributed by atoms with Gasteiger partial charge in [-0.1, -0.05) is 38.1 Å². The summed E-state index contributed by atoms with van der Waals surface area (Å²) in [5, 5.41) is 9.42. The van der Waals surface area contributed by atoms with Crippen LogP contribution in [0.2, 0.25) is 0 Å². The number of benzene rings is 1. The summed E-state index contributed by atoms with van der Waals surface area (Å²) in [4.78, 5) is 0. The Bertz CT molecular complexity index is 484. The zero-order chi connectivity index (χ0) is 16.0. The topological polar surface area (TPSA) is 38.7 Å². The minimum absolute atomic E-state index is 0.108. The van der Waals surface area contributed by atoms with Crippen molar-refractivity contribution in [2.75, 3.05) is 19.8 Å². The molecule has 0 aromatic heterocycles. The summed E-state index contributed by atoms with van der Waals surface area (Å²) in [6.07, 6.45) is 4.20. The first-order valence-electron chi connectivity index (χ1n) is 8.36. The smallest absolute Gasteiger partial charge is 0.137 e. The molecule has 0 saturated carbocycles. The van der Waals surface area contributed by atoms with E-state index in [1.54, 1.807) is 0 Å². The Hall–Kier alpha value is -1.48. The van der Waals surface area contributed by atoms with E-state index in [0.717, 1.165) is 38.7 Å². The molecule has 1 aliphatic heterocycles. The van der Waals surface area contributed by atoms with Crippen molar-refractivity contribution in [3.63, 3.8) is 0 Å². The second-order valence-corrected chi connectivity index (χ2v) is 5.98. The van der Waals surface area contributed by atoms with Gasteiger partial charge in [0.1, 0.15) is 12.0 Å². The van der Waals surface area contributed by atoms with Crippen LogP contribution >= 0.6 is 0 Å². The molecule has 0 amide bonds. The number of ether oxygens (including phenoxy) is 2. The van der Waals surface area contributed by atoms with Crippen LogP contribution in [0.4, 0.5) is 0 Å². The second-order valence-electron chi connectivity index (χ2n) is 5.98. The van der Waals surface area contributed by atoms with Crippen LogP contribution in [0.15, 0.2) is 36.3 Å². The molecular formula is C19H28O3. The number of allylic oxidation sites excluding steroid dienone is 1. The molecule has 2 unspecified atom stereocenters. The predicted octanol–water partition coefficient (Wildman–Crippen LogP) is 4.68. The Morgan fingerprint density at radius 1 is 1.32 bits per heavy atom. The van der Waals surface area contributed by atoms with Gasteiger partial charge in [0.05, 0.1) is 13.2 Å². The third-order valence-corrected chi connectivity index (χ3v) is 4.90. The highest BCUT2D eigenvalue weighted by atomic mass is 16.5. The Balaban J connectivity index is 2.23. The van der Waals surface area contributed by atoms with E-state index < -0.39 is 0 Å². The van der Waals surface area contributed by atoms with Crippen molar-refractivity contribution in [3.05, 3.63) is 47.4 Å². The third-order valence-electron chi connectivity index (χ3n) is 4.90. The molecule has 1 aromatic carbocycles. The van der Waals surface area contributed by atoms with Gasteiger partial charge in [0.2, 0.25) is 0 Å². The predicted molar refractivity (Wildman–Crippen MR) is 89.2 cm³/mol. The van der Waals surface area contributed by atoms with E-state index in [9.17, 15) is 5.11 Å². The normalized spacial score (nSPS) is 23.5. The highest BCUT2D eigenvalue weighted by Crippen LogP contribution is 2.37. The maximum absolute atomic E-state index is 9.42. The molecule has 1 fully saturated rings. The molecule has 1 saturated heterocycles. The van der Waals surface area contributed by atoms with Crippen molar-refractivity contribution in [1.29, 1.82) is 0 Å².